The smallest absolute Gasteiger partial charge is 0.274 e. The van der Waals surface area contributed by atoms with E-state index in [0.29, 0.717) is 17.5 Å². The number of hydrogen-bond acceptors (Lipinski definition) is 6. The zero-order chi connectivity index (χ0) is 19.8. The van der Waals surface area contributed by atoms with Crippen LogP contribution in [0.15, 0.2) is 55.1 Å². The summed E-state index contributed by atoms with van der Waals surface area (Å²) >= 11 is 0. The number of nitrogens with zero attached hydrogens (tertiary/aromatic N) is 6. The van der Waals surface area contributed by atoms with Gasteiger partial charge in [-0.1, -0.05) is 30.3 Å². The molecule has 2 aliphatic heterocycles. The molecule has 2 saturated heterocycles. The molecule has 0 bridgehead atoms. The third-order valence-corrected chi connectivity index (χ3v) is 5.81. The Hall–Kier alpha value is -3.35. The Morgan fingerprint density at radius 3 is 2.24 bits per heavy atom. The van der Waals surface area contributed by atoms with Crippen molar-refractivity contribution in [1.82, 2.24) is 24.8 Å². The van der Waals surface area contributed by atoms with Crippen molar-refractivity contribution >= 4 is 11.7 Å². The average molecular weight is 386 g/mol. The van der Waals surface area contributed by atoms with E-state index in [9.17, 15) is 4.79 Å². The molecule has 0 aliphatic carbocycles. The third-order valence-electron chi connectivity index (χ3n) is 5.81. The van der Waals surface area contributed by atoms with Gasteiger partial charge in [0.2, 0.25) is 0 Å². The van der Waals surface area contributed by atoms with Crippen molar-refractivity contribution in [1.29, 1.82) is 0 Å². The quantitative estimate of drug-likeness (QED) is 0.688. The predicted octanol–water partition coefficient (Wildman–Crippen LogP) is 2.45. The van der Waals surface area contributed by atoms with Crippen LogP contribution in [0, 0.1) is 18.8 Å². The number of rotatable bonds is 3. The Morgan fingerprint density at radius 2 is 1.62 bits per heavy atom. The molecule has 29 heavy (non-hydrogen) atoms. The largest absolute Gasteiger partial charge is 0.355 e. The second-order valence-electron chi connectivity index (χ2n) is 7.80. The fraction of sp³-hybridized carbons (Fsp3) is 0.318. The molecule has 2 aliphatic rings. The van der Waals surface area contributed by atoms with E-state index in [1.54, 1.807) is 12.4 Å². The van der Waals surface area contributed by atoms with Crippen LogP contribution in [0.2, 0.25) is 0 Å². The summed E-state index contributed by atoms with van der Waals surface area (Å²) in [5.74, 6) is 1.78. The molecule has 3 aromatic rings. The van der Waals surface area contributed by atoms with Gasteiger partial charge in [-0.25, -0.2) is 9.97 Å². The summed E-state index contributed by atoms with van der Waals surface area (Å²) in [5.41, 5.74) is 3.19. The zero-order valence-corrected chi connectivity index (χ0v) is 16.3. The van der Waals surface area contributed by atoms with Crippen LogP contribution in [-0.4, -0.2) is 56.9 Å². The number of aryl methyl sites for hydroxylation is 1. The molecule has 0 saturated carbocycles. The van der Waals surface area contributed by atoms with E-state index in [1.165, 1.54) is 0 Å². The molecule has 2 unspecified atom stereocenters. The summed E-state index contributed by atoms with van der Waals surface area (Å²) in [4.78, 5) is 34.5. The molecule has 0 spiro atoms. The summed E-state index contributed by atoms with van der Waals surface area (Å²) in [6.45, 7) is 5.17. The first-order valence-electron chi connectivity index (χ1n) is 9.88. The van der Waals surface area contributed by atoms with Crippen molar-refractivity contribution in [3.05, 3.63) is 66.5 Å². The fourth-order valence-electron chi connectivity index (χ4n) is 4.25. The van der Waals surface area contributed by atoms with Crippen molar-refractivity contribution in [3.8, 4) is 11.3 Å². The molecule has 0 N–H and O–H groups in total. The van der Waals surface area contributed by atoms with E-state index < -0.39 is 0 Å². The van der Waals surface area contributed by atoms with Gasteiger partial charge in [0.15, 0.2) is 0 Å². The lowest BCUT2D eigenvalue weighted by Crippen LogP contribution is -2.34. The highest BCUT2D eigenvalue weighted by molar-refractivity contribution is 5.92. The maximum Gasteiger partial charge on any atom is 0.274 e. The van der Waals surface area contributed by atoms with E-state index in [-0.39, 0.29) is 5.91 Å². The number of hydrogen-bond donors (Lipinski definition) is 0. The lowest BCUT2D eigenvalue weighted by molar-refractivity contribution is 0.0776. The highest BCUT2D eigenvalue weighted by Gasteiger charge is 2.42. The van der Waals surface area contributed by atoms with Crippen LogP contribution < -0.4 is 4.90 Å². The Balaban J connectivity index is 1.23. The van der Waals surface area contributed by atoms with E-state index in [0.717, 1.165) is 48.9 Å². The summed E-state index contributed by atoms with van der Waals surface area (Å²) in [6, 6.07) is 10.1. The van der Waals surface area contributed by atoms with E-state index in [1.807, 2.05) is 54.5 Å². The van der Waals surface area contributed by atoms with Crippen LogP contribution >= 0.6 is 0 Å². The third kappa shape index (κ3) is 3.44. The van der Waals surface area contributed by atoms with Crippen molar-refractivity contribution in [2.24, 2.45) is 11.8 Å². The lowest BCUT2D eigenvalue weighted by Gasteiger charge is -2.22. The molecule has 2 aromatic heterocycles. The Bertz CT molecular complexity index is 992. The first-order chi connectivity index (χ1) is 14.2. The molecule has 5 rings (SSSR count). The number of carbonyl (C=O) groups is 1. The standard InChI is InChI=1S/C22H22N6O/c1-15-7-24-20(9-23-15)22(29)28-13-17-11-27(12-18(17)14-28)21-10-25-19(8-26-21)16-5-3-2-4-6-16/h2-10,17-18H,11-14H2,1H3. The van der Waals surface area contributed by atoms with Crippen LogP contribution in [0.4, 0.5) is 5.82 Å². The number of benzene rings is 1. The highest BCUT2D eigenvalue weighted by Crippen LogP contribution is 2.33. The number of likely N-dealkylation sites (tertiary alicyclic amines) is 1. The monoisotopic (exact) mass is 386 g/mol. The molecule has 1 aromatic carbocycles. The highest BCUT2D eigenvalue weighted by atomic mass is 16.2. The zero-order valence-electron chi connectivity index (χ0n) is 16.3. The lowest BCUT2D eigenvalue weighted by atomic mass is 10.0. The minimum absolute atomic E-state index is 0.0227. The van der Waals surface area contributed by atoms with Gasteiger partial charge in [-0.2, -0.15) is 0 Å². The van der Waals surface area contributed by atoms with E-state index >= 15 is 0 Å². The number of carbonyl (C=O) groups excluding carboxylic acids is 1. The number of aromatic nitrogens is 4. The first-order valence-corrected chi connectivity index (χ1v) is 9.88. The van der Waals surface area contributed by atoms with Gasteiger partial charge in [0.25, 0.3) is 5.91 Å². The topological polar surface area (TPSA) is 75.1 Å². The second kappa shape index (κ2) is 7.24. The van der Waals surface area contributed by atoms with Crippen molar-refractivity contribution in [2.75, 3.05) is 31.1 Å². The van der Waals surface area contributed by atoms with Crippen molar-refractivity contribution in [3.63, 3.8) is 0 Å². The van der Waals surface area contributed by atoms with E-state index in [2.05, 4.69) is 24.8 Å². The van der Waals surface area contributed by atoms with Crippen molar-refractivity contribution in [2.45, 2.75) is 6.92 Å². The summed E-state index contributed by atoms with van der Waals surface area (Å²) in [5, 5.41) is 0. The van der Waals surface area contributed by atoms with Crippen molar-refractivity contribution < 1.29 is 4.79 Å². The Morgan fingerprint density at radius 1 is 0.862 bits per heavy atom. The van der Waals surface area contributed by atoms with Gasteiger partial charge >= 0.3 is 0 Å². The number of anilines is 1. The molecule has 2 atom stereocenters. The van der Waals surface area contributed by atoms with Gasteiger partial charge in [-0.05, 0) is 6.92 Å². The minimum Gasteiger partial charge on any atom is -0.355 e. The molecule has 1 amide bonds. The summed E-state index contributed by atoms with van der Waals surface area (Å²) < 4.78 is 0. The van der Waals surface area contributed by atoms with Gasteiger partial charge < -0.3 is 9.80 Å². The van der Waals surface area contributed by atoms with Crippen LogP contribution in [0.5, 0.6) is 0 Å². The molecule has 146 valence electrons. The van der Waals surface area contributed by atoms with Gasteiger partial charge in [0.05, 0.1) is 30.0 Å². The molecule has 7 nitrogen and oxygen atoms in total. The maximum absolute atomic E-state index is 12.7. The van der Waals surface area contributed by atoms with Crippen LogP contribution in [-0.2, 0) is 0 Å². The Kier molecular flexibility index (Phi) is 4.42. The van der Waals surface area contributed by atoms with Crippen LogP contribution in [0.1, 0.15) is 16.2 Å². The Labute approximate surface area is 169 Å². The van der Waals surface area contributed by atoms with Crippen LogP contribution in [0.25, 0.3) is 11.3 Å². The number of fused-ring (bicyclic) bond motifs is 1. The SMILES string of the molecule is Cc1cnc(C(=O)N2CC3CN(c4cnc(-c5ccccc5)cn4)CC3C2)cn1. The fourth-order valence-corrected chi connectivity index (χ4v) is 4.25. The molecular weight excluding hydrogens is 364 g/mol. The molecular formula is C22H22N6O. The summed E-state index contributed by atoms with van der Waals surface area (Å²) in [6.07, 6.45) is 6.91. The van der Waals surface area contributed by atoms with Gasteiger partial charge in [-0.15, -0.1) is 0 Å². The van der Waals surface area contributed by atoms with Gasteiger partial charge in [-0.3, -0.25) is 14.8 Å². The van der Waals surface area contributed by atoms with Gasteiger partial charge in [0.1, 0.15) is 11.5 Å². The molecule has 2 fully saturated rings. The number of amides is 1. The second-order valence-corrected chi connectivity index (χ2v) is 7.80. The molecule has 4 heterocycles. The molecule has 0 radical (unpaired) electrons. The minimum atomic E-state index is -0.0227. The predicted molar refractivity (Wildman–Crippen MR) is 109 cm³/mol. The normalized spacial score (nSPS) is 20.7. The maximum atomic E-state index is 12.7. The first kappa shape index (κ1) is 17.7. The summed E-state index contributed by atoms with van der Waals surface area (Å²) in [7, 11) is 0. The van der Waals surface area contributed by atoms with Crippen LogP contribution in [0.3, 0.4) is 0 Å². The van der Waals surface area contributed by atoms with Gasteiger partial charge in [0, 0.05) is 49.8 Å². The average Bonchev–Trinajstić information content (AvgIpc) is 3.34. The van der Waals surface area contributed by atoms with E-state index in [4.69, 9.17) is 0 Å². The molecule has 7 heteroatoms.